The highest BCUT2D eigenvalue weighted by atomic mass is 32.1. The van der Waals surface area contributed by atoms with Crippen LogP contribution in [0.2, 0.25) is 0 Å². The van der Waals surface area contributed by atoms with Gasteiger partial charge in [-0.05, 0) is 39.0 Å². The minimum Gasteiger partial charge on any atom is -0.348 e. The molecule has 1 aliphatic rings. The second kappa shape index (κ2) is 6.66. The number of hydrogen-bond donors (Lipinski definition) is 1. The van der Waals surface area contributed by atoms with Crippen LogP contribution in [0, 0.1) is 5.92 Å². The predicted molar refractivity (Wildman–Crippen MR) is 93.4 cm³/mol. The van der Waals surface area contributed by atoms with Crippen LogP contribution in [0.3, 0.4) is 0 Å². The Bertz CT molecular complexity index is 459. The van der Waals surface area contributed by atoms with E-state index in [1.807, 2.05) is 11.3 Å². The molecule has 0 bridgehead atoms. The van der Waals surface area contributed by atoms with Crippen molar-refractivity contribution in [3.05, 3.63) is 10.6 Å². The first kappa shape index (κ1) is 16.8. The molecule has 0 amide bonds. The summed E-state index contributed by atoms with van der Waals surface area (Å²) in [6.07, 6.45) is 2.61. The van der Waals surface area contributed by atoms with Crippen LogP contribution in [-0.2, 0) is 6.54 Å². The number of thiazole rings is 1. The highest BCUT2D eigenvalue weighted by Gasteiger charge is 2.25. The highest BCUT2D eigenvalue weighted by molar-refractivity contribution is 7.15. The van der Waals surface area contributed by atoms with Crippen LogP contribution < -0.4 is 10.2 Å². The van der Waals surface area contributed by atoms with Crippen LogP contribution in [0.25, 0.3) is 0 Å². The monoisotopic (exact) mass is 309 g/mol. The van der Waals surface area contributed by atoms with Crippen LogP contribution in [-0.4, -0.2) is 23.6 Å². The summed E-state index contributed by atoms with van der Waals surface area (Å²) in [5.41, 5.74) is 1.44. The molecule has 0 aromatic carbocycles. The van der Waals surface area contributed by atoms with Gasteiger partial charge in [0.1, 0.15) is 0 Å². The summed E-state index contributed by atoms with van der Waals surface area (Å²) in [5, 5.41) is 4.85. The average Bonchev–Trinajstić information content (AvgIpc) is 3.01. The van der Waals surface area contributed by atoms with E-state index in [2.05, 4.69) is 51.8 Å². The molecule has 21 heavy (non-hydrogen) atoms. The number of nitrogens with zero attached hydrogens (tertiary/aromatic N) is 2. The van der Waals surface area contributed by atoms with E-state index in [1.165, 1.54) is 41.6 Å². The van der Waals surface area contributed by atoms with Crippen molar-refractivity contribution >= 4 is 16.5 Å². The summed E-state index contributed by atoms with van der Waals surface area (Å²) >= 11 is 1.89. The Morgan fingerprint density at radius 2 is 2.10 bits per heavy atom. The van der Waals surface area contributed by atoms with Crippen LogP contribution >= 0.6 is 11.3 Å². The molecule has 0 radical (unpaired) electrons. The normalized spacial score (nSPS) is 19.8. The van der Waals surface area contributed by atoms with Crippen molar-refractivity contribution in [2.24, 2.45) is 5.92 Å². The van der Waals surface area contributed by atoms with Gasteiger partial charge in [-0.2, -0.15) is 0 Å². The van der Waals surface area contributed by atoms with Gasteiger partial charge in [0.15, 0.2) is 5.13 Å². The molecule has 1 saturated heterocycles. The third-order valence-electron chi connectivity index (χ3n) is 4.18. The lowest BCUT2D eigenvalue weighted by Crippen LogP contribution is -2.35. The molecule has 1 unspecified atom stereocenters. The third kappa shape index (κ3) is 4.43. The molecule has 1 N–H and O–H groups in total. The maximum absolute atomic E-state index is 4.97. The second-order valence-electron chi connectivity index (χ2n) is 7.57. The molecule has 2 heterocycles. The number of nitrogens with one attached hydrogen (secondary N) is 1. The molecule has 1 atom stereocenters. The Morgan fingerprint density at radius 3 is 2.62 bits per heavy atom. The Morgan fingerprint density at radius 1 is 1.38 bits per heavy atom. The number of rotatable bonds is 5. The number of aromatic nitrogens is 1. The van der Waals surface area contributed by atoms with Crippen LogP contribution in [0.15, 0.2) is 0 Å². The van der Waals surface area contributed by atoms with Gasteiger partial charge < -0.3 is 10.2 Å². The summed E-state index contributed by atoms with van der Waals surface area (Å²) < 4.78 is 0. The Labute approximate surface area is 134 Å². The Hall–Kier alpha value is -0.610. The lowest BCUT2D eigenvalue weighted by Gasteiger charge is -2.20. The van der Waals surface area contributed by atoms with Gasteiger partial charge in [-0.25, -0.2) is 4.98 Å². The molecule has 0 aliphatic carbocycles. The summed E-state index contributed by atoms with van der Waals surface area (Å²) in [6.45, 7) is 16.7. The van der Waals surface area contributed by atoms with Gasteiger partial charge in [-0.3, -0.25) is 0 Å². The zero-order valence-electron chi connectivity index (χ0n) is 14.5. The second-order valence-corrected chi connectivity index (χ2v) is 8.63. The SMILES string of the molecule is CCC1CCN(c2nc(C(C)C)c(CNC(C)(C)C)s2)C1. The van der Waals surface area contributed by atoms with Crippen molar-refractivity contribution in [1.82, 2.24) is 10.3 Å². The fourth-order valence-electron chi connectivity index (χ4n) is 2.75. The Kier molecular flexibility index (Phi) is 5.31. The van der Waals surface area contributed by atoms with Crippen LogP contribution in [0.4, 0.5) is 5.13 Å². The quantitative estimate of drug-likeness (QED) is 0.874. The smallest absolute Gasteiger partial charge is 0.185 e. The summed E-state index contributed by atoms with van der Waals surface area (Å²) in [4.78, 5) is 8.87. The fourth-order valence-corrected chi connectivity index (χ4v) is 3.94. The van der Waals surface area contributed by atoms with Crippen molar-refractivity contribution in [2.45, 2.75) is 72.4 Å². The molecule has 0 saturated carbocycles. The van der Waals surface area contributed by atoms with Gasteiger partial charge in [0.05, 0.1) is 5.69 Å². The standard InChI is InChI=1S/C17H31N3S/c1-7-13-8-9-20(11-13)16-19-15(12(2)3)14(21-16)10-18-17(4,5)6/h12-13,18H,7-11H2,1-6H3. The zero-order valence-corrected chi connectivity index (χ0v) is 15.3. The van der Waals surface area contributed by atoms with Gasteiger partial charge in [-0.15, -0.1) is 11.3 Å². The zero-order chi connectivity index (χ0) is 15.6. The number of anilines is 1. The lowest BCUT2D eigenvalue weighted by atomic mass is 10.1. The maximum Gasteiger partial charge on any atom is 0.185 e. The third-order valence-corrected chi connectivity index (χ3v) is 5.31. The molecule has 1 fully saturated rings. The first-order valence-electron chi connectivity index (χ1n) is 8.29. The summed E-state index contributed by atoms with van der Waals surface area (Å²) in [7, 11) is 0. The van der Waals surface area contributed by atoms with E-state index in [9.17, 15) is 0 Å². The van der Waals surface area contributed by atoms with E-state index in [-0.39, 0.29) is 5.54 Å². The van der Waals surface area contributed by atoms with E-state index < -0.39 is 0 Å². The van der Waals surface area contributed by atoms with Crippen molar-refractivity contribution in [3.8, 4) is 0 Å². The molecule has 0 spiro atoms. The highest BCUT2D eigenvalue weighted by Crippen LogP contribution is 2.34. The van der Waals surface area contributed by atoms with E-state index in [0.29, 0.717) is 5.92 Å². The van der Waals surface area contributed by atoms with Crippen molar-refractivity contribution < 1.29 is 0 Å². The van der Waals surface area contributed by atoms with Crippen LogP contribution in [0.1, 0.15) is 70.9 Å². The molecule has 1 aromatic heterocycles. The largest absolute Gasteiger partial charge is 0.348 e. The van der Waals surface area contributed by atoms with Gasteiger partial charge in [0.2, 0.25) is 0 Å². The molecule has 3 nitrogen and oxygen atoms in total. The van der Waals surface area contributed by atoms with E-state index >= 15 is 0 Å². The molecule has 120 valence electrons. The lowest BCUT2D eigenvalue weighted by molar-refractivity contribution is 0.425. The summed E-state index contributed by atoms with van der Waals surface area (Å²) in [6, 6.07) is 0. The van der Waals surface area contributed by atoms with E-state index in [4.69, 9.17) is 4.98 Å². The van der Waals surface area contributed by atoms with Crippen LogP contribution in [0.5, 0.6) is 0 Å². The molecule has 4 heteroatoms. The van der Waals surface area contributed by atoms with Crippen molar-refractivity contribution in [2.75, 3.05) is 18.0 Å². The van der Waals surface area contributed by atoms with Crippen molar-refractivity contribution in [1.29, 1.82) is 0 Å². The predicted octanol–water partition coefficient (Wildman–Crippen LogP) is 4.39. The number of hydrogen-bond acceptors (Lipinski definition) is 4. The van der Waals surface area contributed by atoms with E-state index in [0.717, 1.165) is 12.5 Å². The summed E-state index contributed by atoms with van der Waals surface area (Å²) in [5.74, 6) is 1.35. The fraction of sp³-hybridized carbons (Fsp3) is 0.824. The van der Waals surface area contributed by atoms with E-state index in [1.54, 1.807) is 0 Å². The maximum atomic E-state index is 4.97. The van der Waals surface area contributed by atoms with Gasteiger partial charge >= 0.3 is 0 Å². The first-order chi connectivity index (χ1) is 9.80. The minimum absolute atomic E-state index is 0.152. The first-order valence-corrected chi connectivity index (χ1v) is 9.11. The van der Waals surface area contributed by atoms with Gasteiger partial charge in [0, 0.05) is 30.1 Å². The topological polar surface area (TPSA) is 28.2 Å². The average molecular weight is 310 g/mol. The van der Waals surface area contributed by atoms with Gasteiger partial charge in [-0.1, -0.05) is 27.2 Å². The molecule has 1 aromatic rings. The molecular formula is C17H31N3S. The minimum atomic E-state index is 0.152. The molecule has 1 aliphatic heterocycles. The van der Waals surface area contributed by atoms with Gasteiger partial charge in [0.25, 0.3) is 0 Å². The molecular weight excluding hydrogens is 278 g/mol. The Balaban J connectivity index is 2.13. The molecule has 2 rings (SSSR count). The van der Waals surface area contributed by atoms with Crippen molar-refractivity contribution in [3.63, 3.8) is 0 Å².